The topological polar surface area (TPSA) is 43.6 Å². The van der Waals surface area contributed by atoms with Crippen LogP contribution in [-0.2, 0) is 0 Å². The first-order valence-corrected chi connectivity index (χ1v) is 5.76. The van der Waals surface area contributed by atoms with Crippen molar-refractivity contribution in [2.75, 3.05) is 6.26 Å². The maximum Gasteiger partial charge on any atom is 0.165 e. The summed E-state index contributed by atoms with van der Waals surface area (Å²) < 4.78 is 1.98. The van der Waals surface area contributed by atoms with Crippen LogP contribution in [0.1, 0.15) is 12.3 Å². The summed E-state index contributed by atoms with van der Waals surface area (Å²) in [5, 5.41) is 0.702. The number of aromatic nitrogens is 4. The van der Waals surface area contributed by atoms with Crippen molar-refractivity contribution in [2.24, 2.45) is 0 Å². The number of imidazole rings is 1. The van der Waals surface area contributed by atoms with E-state index in [-0.39, 0.29) is 0 Å². The quantitative estimate of drug-likeness (QED) is 0.741. The standard InChI is InChI=1S/C8H9ClN4S/c1-5(14-2)13-4-12-6-7(9)10-3-11-8(6)13/h3-5H,1-2H3. The molecule has 0 fully saturated rings. The molecule has 0 aliphatic heterocycles. The first-order chi connectivity index (χ1) is 6.74. The Labute approximate surface area is 90.7 Å². The van der Waals surface area contributed by atoms with Crippen molar-refractivity contribution in [3.05, 3.63) is 17.8 Å². The van der Waals surface area contributed by atoms with E-state index >= 15 is 0 Å². The number of thioether (sulfide) groups is 1. The second-order valence-electron chi connectivity index (χ2n) is 2.82. The van der Waals surface area contributed by atoms with E-state index in [0.717, 1.165) is 5.65 Å². The molecule has 2 heterocycles. The molecule has 0 aromatic carbocycles. The van der Waals surface area contributed by atoms with Crippen LogP contribution >= 0.6 is 23.4 Å². The van der Waals surface area contributed by atoms with Crippen LogP contribution in [-0.4, -0.2) is 25.8 Å². The van der Waals surface area contributed by atoms with E-state index in [4.69, 9.17) is 11.6 Å². The average molecular weight is 229 g/mol. The third-order valence-corrected chi connectivity index (χ3v) is 3.23. The number of hydrogen-bond donors (Lipinski definition) is 0. The minimum atomic E-state index is 0.297. The van der Waals surface area contributed by atoms with Gasteiger partial charge in [0.05, 0.1) is 11.7 Å². The van der Waals surface area contributed by atoms with Crippen LogP contribution in [0.5, 0.6) is 0 Å². The molecular weight excluding hydrogens is 220 g/mol. The van der Waals surface area contributed by atoms with Gasteiger partial charge in [0.25, 0.3) is 0 Å². The molecule has 0 saturated heterocycles. The van der Waals surface area contributed by atoms with E-state index in [1.54, 1.807) is 18.1 Å². The Balaban J connectivity index is 2.63. The lowest BCUT2D eigenvalue weighted by Gasteiger charge is -2.09. The van der Waals surface area contributed by atoms with Gasteiger partial charge >= 0.3 is 0 Å². The third kappa shape index (κ3) is 1.46. The molecule has 1 atom stereocenters. The van der Waals surface area contributed by atoms with Gasteiger partial charge in [-0.25, -0.2) is 15.0 Å². The van der Waals surface area contributed by atoms with E-state index in [0.29, 0.717) is 16.0 Å². The van der Waals surface area contributed by atoms with E-state index < -0.39 is 0 Å². The summed E-state index contributed by atoms with van der Waals surface area (Å²) in [6.45, 7) is 2.09. The van der Waals surface area contributed by atoms with Crippen LogP contribution in [0.3, 0.4) is 0 Å². The lowest BCUT2D eigenvalue weighted by Crippen LogP contribution is -1.99. The molecule has 2 aromatic rings. The molecule has 4 nitrogen and oxygen atoms in total. The molecular formula is C8H9ClN4S. The van der Waals surface area contributed by atoms with Gasteiger partial charge in [0.15, 0.2) is 10.8 Å². The minimum absolute atomic E-state index is 0.297. The lowest BCUT2D eigenvalue weighted by atomic mass is 10.5. The number of nitrogens with zero attached hydrogens (tertiary/aromatic N) is 4. The van der Waals surface area contributed by atoms with Crippen molar-refractivity contribution in [1.29, 1.82) is 0 Å². The zero-order valence-electron chi connectivity index (χ0n) is 7.81. The van der Waals surface area contributed by atoms with Crippen LogP contribution in [0.4, 0.5) is 0 Å². The first kappa shape index (κ1) is 9.73. The lowest BCUT2D eigenvalue weighted by molar-refractivity contribution is 0.756. The Morgan fingerprint density at radius 1 is 1.43 bits per heavy atom. The molecule has 0 N–H and O–H groups in total. The predicted octanol–water partition coefficient (Wildman–Crippen LogP) is 2.36. The fourth-order valence-electron chi connectivity index (χ4n) is 1.20. The molecule has 74 valence electrons. The maximum absolute atomic E-state index is 5.88. The highest BCUT2D eigenvalue weighted by Crippen LogP contribution is 2.25. The second kappa shape index (κ2) is 3.74. The first-order valence-electron chi connectivity index (χ1n) is 4.10. The smallest absolute Gasteiger partial charge is 0.165 e. The van der Waals surface area contributed by atoms with E-state index in [9.17, 15) is 0 Å². The van der Waals surface area contributed by atoms with Gasteiger partial charge in [0.1, 0.15) is 11.8 Å². The normalized spacial score (nSPS) is 13.4. The minimum Gasteiger partial charge on any atom is -0.303 e. The van der Waals surface area contributed by atoms with Crippen LogP contribution in [0, 0.1) is 0 Å². The van der Waals surface area contributed by atoms with E-state index in [1.807, 2.05) is 10.8 Å². The molecule has 2 aromatic heterocycles. The van der Waals surface area contributed by atoms with Gasteiger partial charge in [0, 0.05) is 0 Å². The largest absolute Gasteiger partial charge is 0.303 e. The number of rotatable bonds is 2. The van der Waals surface area contributed by atoms with Gasteiger partial charge in [0.2, 0.25) is 0 Å². The third-order valence-electron chi connectivity index (χ3n) is 2.05. The van der Waals surface area contributed by atoms with Gasteiger partial charge in [-0.3, -0.25) is 0 Å². The molecule has 14 heavy (non-hydrogen) atoms. The molecule has 0 bridgehead atoms. The van der Waals surface area contributed by atoms with Gasteiger partial charge in [-0.15, -0.1) is 11.8 Å². The Morgan fingerprint density at radius 2 is 2.21 bits per heavy atom. The SMILES string of the molecule is CSC(C)n1cnc2c(Cl)ncnc21. The van der Waals surface area contributed by atoms with Gasteiger partial charge < -0.3 is 4.57 Å². The summed E-state index contributed by atoms with van der Waals surface area (Å²) >= 11 is 7.61. The maximum atomic E-state index is 5.88. The average Bonchev–Trinajstić information content (AvgIpc) is 2.62. The summed E-state index contributed by atoms with van der Waals surface area (Å²) in [6.07, 6.45) is 5.24. The van der Waals surface area contributed by atoms with Crippen molar-refractivity contribution < 1.29 is 0 Å². The number of halogens is 1. The molecule has 0 saturated carbocycles. The molecule has 0 amide bonds. The number of hydrogen-bond acceptors (Lipinski definition) is 4. The molecule has 0 spiro atoms. The molecule has 1 unspecified atom stereocenters. The van der Waals surface area contributed by atoms with Crippen LogP contribution < -0.4 is 0 Å². The monoisotopic (exact) mass is 228 g/mol. The highest BCUT2D eigenvalue weighted by Gasteiger charge is 2.11. The highest BCUT2D eigenvalue weighted by atomic mass is 35.5. The number of fused-ring (bicyclic) bond motifs is 1. The summed E-state index contributed by atoms with van der Waals surface area (Å²) in [5.74, 6) is 0. The Kier molecular flexibility index (Phi) is 2.60. The fourth-order valence-corrected chi connectivity index (χ4v) is 1.76. The Hall–Kier alpha value is -0.810. The molecule has 6 heteroatoms. The van der Waals surface area contributed by atoms with Gasteiger partial charge in [-0.1, -0.05) is 11.6 Å². The Bertz CT molecular complexity index is 456. The summed E-state index contributed by atoms with van der Waals surface area (Å²) in [7, 11) is 0. The van der Waals surface area contributed by atoms with Crippen molar-refractivity contribution in [2.45, 2.75) is 12.3 Å². The Morgan fingerprint density at radius 3 is 2.93 bits per heavy atom. The van der Waals surface area contributed by atoms with Crippen molar-refractivity contribution >= 4 is 34.5 Å². The molecule has 2 rings (SSSR count). The summed E-state index contributed by atoms with van der Waals surface area (Å²) in [6, 6.07) is 0. The molecule has 0 aliphatic rings. The van der Waals surface area contributed by atoms with Crippen LogP contribution in [0.15, 0.2) is 12.7 Å². The zero-order valence-corrected chi connectivity index (χ0v) is 9.38. The van der Waals surface area contributed by atoms with Gasteiger partial charge in [-0.05, 0) is 13.2 Å². The fraction of sp³-hybridized carbons (Fsp3) is 0.375. The predicted molar refractivity (Wildman–Crippen MR) is 58.6 cm³/mol. The summed E-state index contributed by atoms with van der Waals surface area (Å²) in [4.78, 5) is 12.2. The van der Waals surface area contributed by atoms with Crippen molar-refractivity contribution in [3.63, 3.8) is 0 Å². The van der Waals surface area contributed by atoms with Crippen molar-refractivity contribution in [1.82, 2.24) is 19.5 Å². The van der Waals surface area contributed by atoms with E-state index in [1.165, 1.54) is 6.33 Å². The molecule has 0 radical (unpaired) electrons. The second-order valence-corrected chi connectivity index (χ2v) is 4.34. The van der Waals surface area contributed by atoms with E-state index in [2.05, 4.69) is 21.9 Å². The summed E-state index contributed by atoms with van der Waals surface area (Å²) in [5.41, 5.74) is 1.45. The van der Waals surface area contributed by atoms with Crippen molar-refractivity contribution in [3.8, 4) is 0 Å². The molecule has 0 aliphatic carbocycles. The van der Waals surface area contributed by atoms with Gasteiger partial charge in [-0.2, -0.15) is 0 Å². The van der Waals surface area contributed by atoms with Crippen LogP contribution in [0.2, 0.25) is 5.15 Å². The zero-order chi connectivity index (χ0) is 10.1. The highest BCUT2D eigenvalue weighted by molar-refractivity contribution is 7.98. The van der Waals surface area contributed by atoms with Crippen LogP contribution in [0.25, 0.3) is 11.2 Å².